The van der Waals surface area contributed by atoms with E-state index < -0.39 is 12.1 Å². The van der Waals surface area contributed by atoms with Crippen LogP contribution in [0, 0.1) is 11.8 Å². The highest BCUT2D eigenvalue weighted by molar-refractivity contribution is 5.80. The van der Waals surface area contributed by atoms with E-state index in [0.717, 1.165) is 37.5 Å². The van der Waals surface area contributed by atoms with Crippen molar-refractivity contribution in [2.75, 3.05) is 26.3 Å². The van der Waals surface area contributed by atoms with Crippen LogP contribution in [0.2, 0.25) is 0 Å². The van der Waals surface area contributed by atoms with Crippen molar-refractivity contribution in [2.45, 2.75) is 132 Å². The Morgan fingerprint density at radius 3 is 1.20 bits per heavy atom. The lowest BCUT2D eigenvalue weighted by molar-refractivity contribution is -0.192. The van der Waals surface area contributed by atoms with Crippen LogP contribution in [0.15, 0.2) is 48.5 Å². The van der Waals surface area contributed by atoms with Gasteiger partial charge in [-0.25, -0.2) is 4.79 Å². The third-order valence-corrected chi connectivity index (χ3v) is 13.2. The molecule has 4 aliphatic heterocycles. The second-order valence-corrected chi connectivity index (χ2v) is 16.4. The second kappa shape index (κ2) is 17.1. The van der Waals surface area contributed by atoms with Crippen molar-refractivity contribution in [3.63, 3.8) is 0 Å². The van der Waals surface area contributed by atoms with Crippen LogP contribution in [0.5, 0.6) is 0 Å². The molecule has 2 saturated carbocycles. The number of alkyl halides is 3. The molecule has 1 unspecified atom stereocenters. The van der Waals surface area contributed by atoms with Gasteiger partial charge in [0.2, 0.25) is 11.8 Å². The number of halogens is 3. The van der Waals surface area contributed by atoms with Gasteiger partial charge in [0.05, 0.1) is 0 Å². The molecule has 0 spiro atoms. The predicted octanol–water partition coefficient (Wildman–Crippen LogP) is 7.55. The van der Waals surface area contributed by atoms with Gasteiger partial charge in [0, 0.05) is 36.3 Å². The molecule has 4 bridgehead atoms. The molecular weight excluding hydrogens is 697 g/mol. The molecule has 294 valence electrons. The number of carbonyl (C=O) groups is 3. The van der Waals surface area contributed by atoms with E-state index in [1.807, 2.05) is 0 Å². The Morgan fingerprint density at radius 1 is 0.593 bits per heavy atom. The van der Waals surface area contributed by atoms with E-state index in [9.17, 15) is 22.8 Å². The number of aliphatic carboxylic acids is 1. The van der Waals surface area contributed by atoms with E-state index in [1.165, 1.54) is 77.3 Å². The van der Waals surface area contributed by atoms with E-state index in [4.69, 9.17) is 14.6 Å². The average Bonchev–Trinajstić information content (AvgIpc) is 3.92. The van der Waals surface area contributed by atoms with Crippen LogP contribution in [0.3, 0.4) is 0 Å². The molecule has 9 nitrogen and oxygen atoms in total. The Kier molecular flexibility index (Phi) is 12.3. The van der Waals surface area contributed by atoms with Gasteiger partial charge in [0.1, 0.15) is 13.2 Å². The van der Waals surface area contributed by atoms with E-state index in [2.05, 4.69) is 69.0 Å². The molecule has 0 aromatic heterocycles. The first-order valence-electron chi connectivity index (χ1n) is 20.2. The van der Waals surface area contributed by atoms with Crippen LogP contribution >= 0.6 is 0 Å². The highest BCUT2D eigenvalue weighted by atomic mass is 19.4. The number of nitrogens with zero attached hydrogens (tertiary/aromatic N) is 2. The highest BCUT2D eigenvalue weighted by Crippen LogP contribution is 2.54. The first-order chi connectivity index (χ1) is 26.0. The monoisotopic (exact) mass is 752 g/mol. The first kappa shape index (κ1) is 38.8. The van der Waals surface area contributed by atoms with Crippen LogP contribution in [-0.2, 0) is 19.1 Å². The summed E-state index contributed by atoms with van der Waals surface area (Å²) in [7, 11) is 0. The summed E-state index contributed by atoms with van der Waals surface area (Å²) >= 11 is 0. The largest absolute Gasteiger partial charge is 0.490 e. The molecule has 8 rings (SSSR count). The van der Waals surface area contributed by atoms with E-state index in [1.54, 1.807) is 22.3 Å². The molecule has 2 aliphatic carbocycles. The molecule has 3 N–H and O–H groups in total. The van der Waals surface area contributed by atoms with Gasteiger partial charge >= 0.3 is 12.1 Å². The normalized spacial score (nSPS) is 29.9. The summed E-state index contributed by atoms with van der Waals surface area (Å²) in [5.41, 5.74) is 6.27. The van der Waals surface area contributed by atoms with Gasteiger partial charge in [-0.15, -0.1) is 0 Å². The van der Waals surface area contributed by atoms with Gasteiger partial charge in [0.15, 0.2) is 0 Å². The summed E-state index contributed by atoms with van der Waals surface area (Å²) in [4.78, 5) is 39.6. The SMILES string of the molecule is O=C(COCC(=O)NC1CCC(CCN2[C@@H]3CC[C@H]2c2ccccc23)CC1)NC1CCC(CCN2C3CC[C@@H]2c2ccccc23)CC1.O=C(O)C(F)(F)F. The summed E-state index contributed by atoms with van der Waals surface area (Å²) < 4.78 is 37.3. The maximum absolute atomic E-state index is 12.6. The maximum Gasteiger partial charge on any atom is 0.490 e. The van der Waals surface area contributed by atoms with Crippen LogP contribution in [0.4, 0.5) is 13.2 Å². The first-order valence-corrected chi connectivity index (χ1v) is 20.2. The zero-order valence-electron chi connectivity index (χ0n) is 31.1. The van der Waals surface area contributed by atoms with Crippen molar-refractivity contribution >= 4 is 17.8 Å². The lowest BCUT2D eigenvalue weighted by Crippen LogP contribution is -2.42. The molecule has 2 aromatic carbocycles. The summed E-state index contributed by atoms with van der Waals surface area (Å²) in [6.07, 6.45) is 11.6. The van der Waals surface area contributed by atoms with Crippen molar-refractivity contribution in [2.24, 2.45) is 11.8 Å². The fraction of sp³-hybridized carbons (Fsp3) is 0.643. The van der Waals surface area contributed by atoms with Crippen molar-refractivity contribution in [1.82, 2.24) is 20.4 Å². The predicted molar refractivity (Wildman–Crippen MR) is 197 cm³/mol. The van der Waals surface area contributed by atoms with Gasteiger partial charge < -0.3 is 20.5 Å². The molecule has 2 aromatic rings. The minimum atomic E-state index is -5.08. The quantitative estimate of drug-likeness (QED) is 0.206. The number of carboxylic acids is 1. The Hall–Kier alpha value is -3.48. The van der Waals surface area contributed by atoms with E-state index >= 15 is 0 Å². The standard InChI is InChI=1S/C40H54N4O3.C2HF3O2/c45-39(41-29-13-9-27(10-14-29)21-23-43-35-17-18-36(43)32-6-2-1-5-31(32)35)25-47-26-40(46)42-30-15-11-28(12-16-30)22-24-44-37-19-20-38(44)34-8-4-3-7-33(34)37;3-2(4,5)1(6)7/h1-8,27-30,35-38H,9-26H2,(H,41,45)(H,42,46);(H,6,7)/t27?,28?,29?,30?,35-,36+,37-,38?;/m1./s1. The topological polar surface area (TPSA) is 111 Å². The average molecular weight is 753 g/mol. The lowest BCUT2D eigenvalue weighted by Gasteiger charge is -2.31. The number of carbonyl (C=O) groups excluding carboxylic acids is 2. The zero-order valence-corrected chi connectivity index (χ0v) is 31.1. The Bertz CT molecular complexity index is 1460. The van der Waals surface area contributed by atoms with E-state index in [0.29, 0.717) is 24.2 Å². The fourth-order valence-electron chi connectivity index (χ4n) is 10.6. The van der Waals surface area contributed by atoms with Crippen molar-refractivity contribution in [3.05, 3.63) is 70.8 Å². The van der Waals surface area contributed by atoms with Gasteiger partial charge in [0.25, 0.3) is 0 Å². The number of fused-ring (bicyclic) bond motifs is 10. The lowest BCUT2D eigenvalue weighted by atomic mass is 9.84. The van der Waals surface area contributed by atoms with Crippen LogP contribution < -0.4 is 10.6 Å². The molecule has 12 heteroatoms. The second-order valence-electron chi connectivity index (χ2n) is 16.4. The van der Waals surface area contributed by atoms with Gasteiger partial charge in [-0.3, -0.25) is 19.4 Å². The molecule has 54 heavy (non-hydrogen) atoms. The molecule has 2 saturated heterocycles. The number of hydrogen-bond donors (Lipinski definition) is 3. The van der Waals surface area contributed by atoms with Crippen molar-refractivity contribution < 1.29 is 37.4 Å². The number of benzene rings is 2. The number of amides is 2. The molecule has 2 amide bonds. The summed E-state index contributed by atoms with van der Waals surface area (Å²) in [5, 5.41) is 13.5. The number of hydrogen-bond acceptors (Lipinski definition) is 6. The zero-order chi connectivity index (χ0) is 37.8. The Balaban J connectivity index is 0.000000588. The molecular formula is C42H55F3N4O5. The molecule has 6 aliphatic rings. The van der Waals surface area contributed by atoms with Crippen LogP contribution in [0.25, 0.3) is 0 Å². The van der Waals surface area contributed by atoms with E-state index in [-0.39, 0.29) is 37.1 Å². The third-order valence-electron chi connectivity index (χ3n) is 13.2. The summed E-state index contributed by atoms with van der Waals surface area (Å²) in [6, 6.07) is 21.1. The summed E-state index contributed by atoms with van der Waals surface area (Å²) in [6.45, 7) is 2.30. The smallest absolute Gasteiger partial charge is 0.475 e. The highest BCUT2D eigenvalue weighted by Gasteiger charge is 2.44. The number of rotatable bonds is 12. The third kappa shape index (κ3) is 8.97. The number of nitrogens with one attached hydrogen (secondary N) is 2. The van der Waals surface area contributed by atoms with Crippen molar-refractivity contribution in [3.8, 4) is 0 Å². The van der Waals surface area contributed by atoms with Gasteiger partial charge in [-0.1, -0.05) is 48.5 Å². The maximum atomic E-state index is 12.6. The van der Waals surface area contributed by atoms with Gasteiger partial charge in [-0.2, -0.15) is 13.2 Å². The molecule has 4 atom stereocenters. The molecule has 0 radical (unpaired) electrons. The molecule has 4 fully saturated rings. The number of ether oxygens (including phenoxy) is 1. The summed E-state index contributed by atoms with van der Waals surface area (Å²) in [5.74, 6) is -1.45. The van der Waals surface area contributed by atoms with Gasteiger partial charge in [-0.05, 0) is 137 Å². The Morgan fingerprint density at radius 2 is 0.907 bits per heavy atom. The fourth-order valence-corrected chi connectivity index (χ4v) is 10.6. The number of carboxylic acid groups (broad SMARTS) is 1. The molecule has 4 heterocycles. The van der Waals surface area contributed by atoms with Crippen LogP contribution in [-0.4, -0.2) is 77.3 Å². The Labute approximate surface area is 316 Å². The van der Waals surface area contributed by atoms with Crippen LogP contribution in [0.1, 0.15) is 136 Å². The minimum Gasteiger partial charge on any atom is -0.475 e. The minimum absolute atomic E-state index is 0.0409. The van der Waals surface area contributed by atoms with Crippen molar-refractivity contribution in [1.29, 1.82) is 0 Å².